The van der Waals surface area contributed by atoms with Crippen LogP contribution in [-0.2, 0) is 39.7 Å². The van der Waals surface area contributed by atoms with Crippen LogP contribution >= 0.6 is 8.01 Å². The van der Waals surface area contributed by atoms with Crippen molar-refractivity contribution in [2.75, 3.05) is 0 Å². The summed E-state index contributed by atoms with van der Waals surface area (Å²) in [6.07, 6.45) is 2.65. The Morgan fingerprint density at radius 2 is 0.957 bits per heavy atom. The molecule has 46 heavy (non-hydrogen) atoms. The van der Waals surface area contributed by atoms with Crippen molar-refractivity contribution in [3.63, 3.8) is 0 Å². The SMILES string of the molecule is Cc1cc(CCCp2oc3c(C(C)(C)C)cc(C(C)(C)C)cc3c3cc(C(C)(C)C)cc(C(C)(C)C)c3o2)cc(C(C)(C)C)c1O. The first-order valence-corrected chi connectivity index (χ1v) is 18.5. The number of aromatic hydroxyl groups is 1. The van der Waals surface area contributed by atoms with E-state index < -0.39 is 8.01 Å². The summed E-state index contributed by atoms with van der Waals surface area (Å²) in [6.45, 7) is 36.0. The summed E-state index contributed by atoms with van der Waals surface area (Å²) >= 11 is 0. The predicted octanol–water partition coefficient (Wildman–Crippen LogP) is 13.4. The van der Waals surface area contributed by atoms with Gasteiger partial charge in [0.05, 0.1) is 6.16 Å². The molecule has 0 aliphatic carbocycles. The number of hydrogen-bond donors (Lipinski definition) is 1. The van der Waals surface area contributed by atoms with E-state index in [1.165, 1.54) is 27.8 Å². The van der Waals surface area contributed by atoms with Crippen LogP contribution in [0.3, 0.4) is 0 Å². The zero-order chi connectivity index (χ0) is 34.8. The standard InChI is InChI=1S/C42H61O3P/c1-26-20-27(21-32(35(26)43)40(8,9)10)18-17-19-46-44-36-30(22-28(38(2,3)4)24-33(36)41(11,12)13)31-23-29(39(5,6)7)25-34(37(31)45-46)42(14,15)16/h20-25,43H,17-19H2,1-16H3. The molecule has 0 radical (unpaired) electrons. The number of aryl methyl sites for hydroxylation is 3. The van der Waals surface area contributed by atoms with Crippen LogP contribution in [0.2, 0.25) is 0 Å². The van der Waals surface area contributed by atoms with E-state index >= 15 is 0 Å². The smallest absolute Gasteiger partial charge is 0.216 e. The van der Waals surface area contributed by atoms with E-state index in [0.29, 0.717) is 5.75 Å². The fraction of sp³-hybridized carbons (Fsp3) is 0.571. The molecule has 0 aliphatic heterocycles. The van der Waals surface area contributed by atoms with Gasteiger partial charge in [-0.2, -0.15) is 0 Å². The Hall–Kier alpha value is -2.64. The number of rotatable bonds is 4. The molecule has 0 atom stereocenters. The molecular formula is C42H61O3P. The van der Waals surface area contributed by atoms with Crippen molar-refractivity contribution >= 4 is 30.0 Å². The second-order valence-corrected chi connectivity index (χ2v) is 20.2. The van der Waals surface area contributed by atoms with Crippen LogP contribution in [0.15, 0.2) is 44.8 Å². The average Bonchev–Trinajstić information content (AvgIpc) is 3.03. The first-order valence-electron chi connectivity index (χ1n) is 17.1. The molecule has 0 bridgehead atoms. The molecule has 1 N–H and O–H groups in total. The molecule has 0 saturated heterocycles. The normalized spacial score (nSPS) is 13.6. The second kappa shape index (κ2) is 12.1. The molecule has 0 fully saturated rings. The molecular weight excluding hydrogens is 583 g/mol. The maximum absolute atomic E-state index is 10.8. The van der Waals surface area contributed by atoms with Crippen LogP contribution < -0.4 is 0 Å². The first-order chi connectivity index (χ1) is 20.8. The number of phenols is 1. The zero-order valence-electron chi connectivity index (χ0n) is 31.8. The van der Waals surface area contributed by atoms with E-state index in [1.54, 1.807) is 0 Å². The van der Waals surface area contributed by atoms with Gasteiger partial charge in [0.15, 0.2) is 0 Å². The monoisotopic (exact) mass is 644 g/mol. The van der Waals surface area contributed by atoms with Gasteiger partial charge in [0, 0.05) is 21.9 Å². The summed E-state index contributed by atoms with van der Waals surface area (Å²) in [7, 11) is -1.26. The molecule has 0 saturated carbocycles. The van der Waals surface area contributed by atoms with Crippen molar-refractivity contribution in [2.24, 2.45) is 0 Å². The summed E-state index contributed by atoms with van der Waals surface area (Å²) in [5.74, 6) is 0.415. The molecule has 0 unspecified atom stereocenters. The van der Waals surface area contributed by atoms with Gasteiger partial charge in [-0.1, -0.05) is 128 Å². The van der Waals surface area contributed by atoms with E-state index in [-0.39, 0.29) is 27.1 Å². The maximum atomic E-state index is 10.8. The van der Waals surface area contributed by atoms with E-state index in [9.17, 15) is 5.11 Å². The molecule has 0 spiro atoms. The van der Waals surface area contributed by atoms with E-state index in [2.05, 4.69) is 140 Å². The van der Waals surface area contributed by atoms with Crippen LogP contribution in [0.5, 0.6) is 5.75 Å². The lowest BCUT2D eigenvalue weighted by Gasteiger charge is -2.27. The third kappa shape index (κ3) is 7.73. The van der Waals surface area contributed by atoms with Gasteiger partial charge in [0.25, 0.3) is 0 Å². The fourth-order valence-electron chi connectivity index (χ4n) is 6.13. The van der Waals surface area contributed by atoms with Crippen LogP contribution in [0.25, 0.3) is 21.9 Å². The maximum Gasteiger partial charge on any atom is 0.216 e. The number of fused-ring (bicyclic) bond motifs is 3. The minimum absolute atomic E-state index is 0.0181. The van der Waals surface area contributed by atoms with Gasteiger partial charge >= 0.3 is 0 Å². The molecule has 4 aromatic rings. The highest BCUT2D eigenvalue weighted by Gasteiger charge is 2.29. The Balaban J connectivity index is 2.04. The lowest BCUT2D eigenvalue weighted by molar-refractivity contribution is 0.442. The third-order valence-electron chi connectivity index (χ3n) is 9.18. The van der Waals surface area contributed by atoms with Gasteiger partial charge in [0.1, 0.15) is 16.9 Å². The highest BCUT2D eigenvalue weighted by Crippen LogP contribution is 2.46. The molecule has 1 heterocycles. The van der Waals surface area contributed by atoms with Crippen molar-refractivity contribution in [2.45, 2.75) is 157 Å². The molecule has 4 heteroatoms. The fourth-order valence-corrected chi connectivity index (χ4v) is 7.57. The first kappa shape index (κ1) is 36.2. The number of hydrogen-bond acceptors (Lipinski definition) is 3. The molecule has 0 amide bonds. The van der Waals surface area contributed by atoms with Crippen LogP contribution in [0.4, 0.5) is 0 Å². The van der Waals surface area contributed by atoms with Gasteiger partial charge < -0.3 is 13.5 Å². The van der Waals surface area contributed by atoms with Gasteiger partial charge in [-0.25, -0.2) is 0 Å². The molecule has 3 aromatic carbocycles. The van der Waals surface area contributed by atoms with Crippen LogP contribution in [-0.4, -0.2) is 5.11 Å². The lowest BCUT2D eigenvalue weighted by atomic mass is 9.77. The van der Waals surface area contributed by atoms with Crippen molar-refractivity contribution in [1.82, 2.24) is 0 Å². The Kier molecular flexibility index (Phi) is 9.53. The second-order valence-electron chi connectivity index (χ2n) is 18.7. The summed E-state index contributed by atoms with van der Waals surface area (Å²) in [6, 6.07) is 13.8. The Morgan fingerprint density at radius 3 is 1.33 bits per heavy atom. The summed E-state index contributed by atoms with van der Waals surface area (Å²) in [5.41, 5.74) is 9.87. The average molecular weight is 645 g/mol. The summed E-state index contributed by atoms with van der Waals surface area (Å²) in [5, 5.41) is 13.1. The quantitative estimate of drug-likeness (QED) is 0.240. The van der Waals surface area contributed by atoms with E-state index in [0.717, 1.165) is 52.1 Å². The third-order valence-corrected chi connectivity index (χ3v) is 10.6. The summed E-state index contributed by atoms with van der Waals surface area (Å²) < 4.78 is 14.2. The van der Waals surface area contributed by atoms with Crippen molar-refractivity contribution < 1.29 is 13.5 Å². The predicted molar refractivity (Wildman–Crippen MR) is 201 cm³/mol. The molecule has 3 nitrogen and oxygen atoms in total. The van der Waals surface area contributed by atoms with Gasteiger partial charge in [0.2, 0.25) is 8.01 Å². The summed E-state index contributed by atoms with van der Waals surface area (Å²) in [4.78, 5) is 0. The van der Waals surface area contributed by atoms with E-state index in [4.69, 9.17) is 8.39 Å². The highest BCUT2D eigenvalue weighted by atomic mass is 31.1. The number of benzene rings is 3. The zero-order valence-corrected chi connectivity index (χ0v) is 32.7. The largest absolute Gasteiger partial charge is 0.507 e. The molecule has 0 aliphatic rings. The minimum atomic E-state index is -1.26. The number of phenolic OH excluding ortho intramolecular Hbond substituents is 1. The van der Waals surface area contributed by atoms with E-state index in [1.807, 2.05) is 6.92 Å². The van der Waals surface area contributed by atoms with Crippen LogP contribution in [0.1, 0.15) is 149 Å². The Bertz CT molecular complexity index is 1690. The topological polar surface area (TPSA) is 46.5 Å². The molecule has 1 aromatic heterocycles. The Morgan fingerprint density at radius 1 is 0.543 bits per heavy atom. The van der Waals surface area contributed by atoms with Crippen molar-refractivity contribution in [3.8, 4) is 5.75 Å². The van der Waals surface area contributed by atoms with Crippen molar-refractivity contribution in [3.05, 3.63) is 75.3 Å². The lowest BCUT2D eigenvalue weighted by Crippen LogP contribution is -2.17. The molecule has 4 rings (SSSR count). The minimum Gasteiger partial charge on any atom is -0.507 e. The Labute approximate surface area is 280 Å². The molecule has 252 valence electrons. The highest BCUT2D eigenvalue weighted by molar-refractivity contribution is 7.36. The van der Waals surface area contributed by atoms with Gasteiger partial charge in [-0.05, 0) is 86.8 Å². The van der Waals surface area contributed by atoms with Crippen LogP contribution in [0, 0.1) is 6.92 Å². The van der Waals surface area contributed by atoms with Crippen molar-refractivity contribution in [1.29, 1.82) is 0 Å². The van der Waals surface area contributed by atoms with Gasteiger partial charge in [-0.15, -0.1) is 0 Å². The van der Waals surface area contributed by atoms with Gasteiger partial charge in [-0.3, -0.25) is 0 Å².